The van der Waals surface area contributed by atoms with E-state index in [2.05, 4.69) is 5.32 Å². The Labute approximate surface area is 109 Å². The summed E-state index contributed by atoms with van der Waals surface area (Å²) in [6, 6.07) is 8.84. The Bertz CT molecular complexity index is 573. The van der Waals surface area contributed by atoms with Crippen LogP contribution in [0.4, 0.5) is 5.69 Å². The molecule has 2 N–H and O–H groups in total. The molecule has 2 aromatic rings. The number of phenolic OH excluding ortho intramolecular Hbond substituents is 1. The molecule has 0 spiro atoms. The molecule has 0 saturated carbocycles. The van der Waals surface area contributed by atoms with Crippen LogP contribution in [0.3, 0.4) is 0 Å². The number of aromatic hydroxyl groups is 1. The Kier molecular flexibility index (Phi) is 3.79. The molecule has 0 fully saturated rings. The Morgan fingerprint density at radius 3 is 2.89 bits per heavy atom. The lowest BCUT2D eigenvalue weighted by atomic mass is 10.2. The molecule has 1 heterocycles. The molecule has 0 unspecified atom stereocenters. The number of benzene rings is 1. The number of nitrogens with one attached hydrogen (secondary N) is 1. The number of carbonyl (C=O) groups excluding carboxylic acids is 1. The van der Waals surface area contributed by atoms with Crippen molar-refractivity contribution >= 4 is 29.0 Å². The van der Waals surface area contributed by atoms with Crippen molar-refractivity contribution in [1.29, 1.82) is 0 Å². The Hall–Kier alpha value is -2.07. The van der Waals surface area contributed by atoms with Gasteiger partial charge in [-0.25, -0.2) is 0 Å². The van der Waals surface area contributed by atoms with E-state index in [0.717, 1.165) is 10.4 Å². The lowest BCUT2D eigenvalue weighted by molar-refractivity contribution is -0.111. The monoisotopic (exact) mass is 259 g/mol. The number of anilines is 1. The van der Waals surface area contributed by atoms with Gasteiger partial charge in [-0.3, -0.25) is 4.79 Å². The third kappa shape index (κ3) is 3.21. The Balaban J connectivity index is 2.01. The third-order valence-corrected chi connectivity index (χ3v) is 3.24. The zero-order valence-corrected chi connectivity index (χ0v) is 10.7. The summed E-state index contributed by atoms with van der Waals surface area (Å²) in [5.74, 6) is 0.0376. The van der Waals surface area contributed by atoms with Gasteiger partial charge in [0.25, 0.3) is 0 Å². The molecule has 92 valence electrons. The molecule has 0 aliphatic carbocycles. The van der Waals surface area contributed by atoms with E-state index in [1.807, 2.05) is 17.5 Å². The van der Waals surface area contributed by atoms with Gasteiger partial charge in [0.15, 0.2) is 0 Å². The molecular formula is C14H13NO2S. The van der Waals surface area contributed by atoms with Crippen molar-refractivity contribution in [1.82, 2.24) is 0 Å². The average molecular weight is 259 g/mol. The van der Waals surface area contributed by atoms with E-state index in [1.165, 1.54) is 6.08 Å². The number of rotatable bonds is 3. The van der Waals surface area contributed by atoms with Gasteiger partial charge in [-0.05, 0) is 48.2 Å². The second-order valence-corrected chi connectivity index (χ2v) is 4.82. The summed E-state index contributed by atoms with van der Waals surface area (Å²) in [6.07, 6.45) is 3.27. The second kappa shape index (κ2) is 5.51. The van der Waals surface area contributed by atoms with Crippen molar-refractivity contribution in [3.8, 4) is 5.75 Å². The summed E-state index contributed by atoms with van der Waals surface area (Å²) in [5.41, 5.74) is 1.40. The molecule has 0 atom stereocenters. The van der Waals surface area contributed by atoms with Crippen molar-refractivity contribution in [2.24, 2.45) is 0 Å². The molecule has 0 aliphatic rings. The van der Waals surface area contributed by atoms with Gasteiger partial charge in [-0.2, -0.15) is 0 Å². The van der Waals surface area contributed by atoms with Crippen molar-refractivity contribution in [2.75, 3.05) is 5.32 Å². The fraction of sp³-hybridized carbons (Fsp3) is 0.0714. The highest BCUT2D eigenvalue weighted by molar-refractivity contribution is 7.10. The summed E-state index contributed by atoms with van der Waals surface area (Å²) in [5, 5.41) is 14.1. The molecule has 1 amide bonds. The van der Waals surface area contributed by atoms with E-state index in [9.17, 15) is 9.90 Å². The highest BCUT2D eigenvalue weighted by atomic mass is 32.1. The first kappa shape index (κ1) is 12.4. The molecule has 4 heteroatoms. The van der Waals surface area contributed by atoms with E-state index in [0.29, 0.717) is 5.69 Å². The van der Waals surface area contributed by atoms with Gasteiger partial charge >= 0.3 is 0 Å². The maximum absolute atomic E-state index is 11.6. The first-order valence-corrected chi connectivity index (χ1v) is 6.35. The summed E-state index contributed by atoms with van der Waals surface area (Å²) >= 11 is 1.58. The van der Waals surface area contributed by atoms with Crippen molar-refractivity contribution < 1.29 is 9.90 Å². The lowest BCUT2D eigenvalue weighted by Gasteiger charge is -2.04. The van der Waals surface area contributed by atoms with E-state index in [4.69, 9.17) is 0 Å². The van der Waals surface area contributed by atoms with E-state index < -0.39 is 0 Å². The van der Waals surface area contributed by atoms with Crippen LogP contribution in [0.1, 0.15) is 10.4 Å². The highest BCUT2D eigenvalue weighted by Crippen LogP contribution is 2.20. The lowest BCUT2D eigenvalue weighted by Crippen LogP contribution is -2.07. The van der Waals surface area contributed by atoms with E-state index in [1.54, 1.807) is 42.5 Å². The molecular weight excluding hydrogens is 246 g/mol. The number of hydrogen-bond acceptors (Lipinski definition) is 3. The quantitative estimate of drug-likeness (QED) is 0.655. The van der Waals surface area contributed by atoms with Crippen molar-refractivity contribution in [3.05, 3.63) is 52.2 Å². The van der Waals surface area contributed by atoms with Crippen LogP contribution < -0.4 is 5.32 Å². The van der Waals surface area contributed by atoms with Crippen LogP contribution in [0.5, 0.6) is 5.75 Å². The minimum absolute atomic E-state index is 0.187. The van der Waals surface area contributed by atoms with Crippen molar-refractivity contribution in [2.45, 2.75) is 6.92 Å². The molecule has 2 rings (SSSR count). The fourth-order valence-corrected chi connectivity index (χ4v) is 2.08. The molecule has 1 aromatic carbocycles. The van der Waals surface area contributed by atoms with Gasteiger partial charge in [-0.1, -0.05) is 6.07 Å². The predicted octanol–water partition coefficient (Wildman–Crippen LogP) is 3.41. The smallest absolute Gasteiger partial charge is 0.248 e. The molecule has 1 aromatic heterocycles. The molecule has 18 heavy (non-hydrogen) atoms. The van der Waals surface area contributed by atoms with E-state index in [-0.39, 0.29) is 11.7 Å². The van der Waals surface area contributed by atoms with Gasteiger partial charge in [0.05, 0.1) is 0 Å². The van der Waals surface area contributed by atoms with Crippen LogP contribution in [0, 0.1) is 6.92 Å². The summed E-state index contributed by atoms with van der Waals surface area (Å²) < 4.78 is 0. The maximum atomic E-state index is 11.6. The number of aryl methyl sites for hydroxylation is 1. The van der Waals surface area contributed by atoms with Gasteiger partial charge in [0, 0.05) is 16.6 Å². The normalized spacial score (nSPS) is 10.7. The summed E-state index contributed by atoms with van der Waals surface area (Å²) in [7, 11) is 0. The standard InChI is InChI=1S/C14H13NO2S/c1-10-9-11(4-6-13(10)16)15-14(17)7-5-12-3-2-8-18-12/h2-9,16H,1H3,(H,15,17)/b7-5+. The van der Waals surface area contributed by atoms with Crippen LogP contribution in [0.15, 0.2) is 41.8 Å². The first-order valence-electron chi connectivity index (χ1n) is 5.47. The minimum atomic E-state index is -0.187. The molecule has 3 nitrogen and oxygen atoms in total. The average Bonchev–Trinajstić information content (AvgIpc) is 2.84. The van der Waals surface area contributed by atoms with Crippen LogP contribution in [-0.4, -0.2) is 11.0 Å². The molecule has 0 bridgehead atoms. The predicted molar refractivity (Wildman–Crippen MR) is 74.8 cm³/mol. The third-order valence-electron chi connectivity index (χ3n) is 2.41. The zero-order valence-electron chi connectivity index (χ0n) is 9.88. The maximum Gasteiger partial charge on any atom is 0.248 e. The van der Waals surface area contributed by atoms with Gasteiger partial charge in [-0.15, -0.1) is 11.3 Å². The first-order chi connectivity index (χ1) is 8.65. The van der Waals surface area contributed by atoms with Gasteiger partial charge in [0.2, 0.25) is 5.91 Å². The van der Waals surface area contributed by atoms with Crippen molar-refractivity contribution in [3.63, 3.8) is 0 Å². The van der Waals surface area contributed by atoms with Crippen LogP contribution >= 0.6 is 11.3 Å². The van der Waals surface area contributed by atoms with Crippen LogP contribution in [0.2, 0.25) is 0 Å². The van der Waals surface area contributed by atoms with Crippen LogP contribution in [-0.2, 0) is 4.79 Å². The second-order valence-electron chi connectivity index (χ2n) is 3.84. The Morgan fingerprint density at radius 1 is 1.39 bits per heavy atom. The zero-order chi connectivity index (χ0) is 13.0. The topological polar surface area (TPSA) is 49.3 Å². The van der Waals surface area contributed by atoms with E-state index >= 15 is 0 Å². The molecule has 0 saturated heterocycles. The molecule has 0 aliphatic heterocycles. The van der Waals surface area contributed by atoms with Crippen LogP contribution in [0.25, 0.3) is 6.08 Å². The number of carbonyl (C=O) groups is 1. The largest absolute Gasteiger partial charge is 0.508 e. The highest BCUT2D eigenvalue weighted by Gasteiger charge is 2.01. The number of amides is 1. The fourth-order valence-electron chi connectivity index (χ4n) is 1.46. The SMILES string of the molecule is Cc1cc(NC(=O)/C=C/c2cccs2)ccc1O. The summed E-state index contributed by atoms with van der Waals surface area (Å²) in [6.45, 7) is 1.78. The minimum Gasteiger partial charge on any atom is -0.508 e. The number of phenols is 1. The molecule has 0 radical (unpaired) electrons. The number of hydrogen-bond donors (Lipinski definition) is 2. The Morgan fingerprint density at radius 2 is 2.22 bits per heavy atom. The summed E-state index contributed by atoms with van der Waals surface area (Å²) in [4.78, 5) is 12.7. The number of thiophene rings is 1. The van der Waals surface area contributed by atoms with Gasteiger partial charge < -0.3 is 10.4 Å². The van der Waals surface area contributed by atoms with Gasteiger partial charge in [0.1, 0.15) is 5.75 Å².